The molecule has 0 N–H and O–H groups in total. The molecule has 1 amide bonds. The number of aryl methyl sites for hydroxylation is 1. The van der Waals surface area contributed by atoms with Crippen LogP contribution >= 0.6 is 11.6 Å². The Hall–Kier alpha value is -3.07. The van der Waals surface area contributed by atoms with Crippen molar-refractivity contribution in [3.8, 4) is 11.4 Å². The number of hydrogen-bond donors (Lipinski definition) is 0. The molecule has 0 radical (unpaired) electrons. The van der Waals surface area contributed by atoms with E-state index in [9.17, 15) is 18.0 Å². The summed E-state index contributed by atoms with van der Waals surface area (Å²) in [7, 11) is 0. The molecule has 1 saturated heterocycles. The van der Waals surface area contributed by atoms with Gasteiger partial charge in [-0.3, -0.25) is 4.79 Å². The van der Waals surface area contributed by atoms with Gasteiger partial charge in [0.1, 0.15) is 5.82 Å². The van der Waals surface area contributed by atoms with E-state index in [2.05, 4.69) is 19.9 Å². The number of nitrogens with zero attached hydrogens (tertiary/aromatic N) is 5. The first-order valence-corrected chi connectivity index (χ1v) is 11.4. The third-order valence-electron chi connectivity index (χ3n) is 6.59. The van der Waals surface area contributed by atoms with Crippen LogP contribution < -0.4 is 0 Å². The third kappa shape index (κ3) is 4.61. The summed E-state index contributed by atoms with van der Waals surface area (Å²) in [6.07, 6.45) is 4.31. The van der Waals surface area contributed by atoms with Crippen molar-refractivity contribution in [3.05, 3.63) is 71.0 Å². The Balaban J connectivity index is 1.37. The molecule has 5 rings (SSSR count). The van der Waals surface area contributed by atoms with Crippen molar-refractivity contribution in [2.75, 3.05) is 6.54 Å². The molecule has 0 unspecified atom stereocenters. The lowest BCUT2D eigenvalue weighted by Gasteiger charge is -2.25. The minimum Gasteiger partial charge on any atom is -0.335 e. The number of benzene rings is 1. The summed E-state index contributed by atoms with van der Waals surface area (Å²) in [5.41, 5.74) is 0.301. The fourth-order valence-electron chi connectivity index (χ4n) is 4.61. The van der Waals surface area contributed by atoms with Crippen molar-refractivity contribution < 1.29 is 18.0 Å². The Morgan fingerprint density at radius 2 is 1.82 bits per heavy atom. The van der Waals surface area contributed by atoms with Crippen LogP contribution in [-0.2, 0) is 12.6 Å². The highest BCUT2D eigenvalue weighted by Crippen LogP contribution is 2.55. The molecule has 1 spiro atoms. The highest BCUT2D eigenvalue weighted by molar-refractivity contribution is 6.31. The van der Waals surface area contributed by atoms with Crippen molar-refractivity contribution in [2.45, 2.75) is 44.3 Å². The van der Waals surface area contributed by atoms with Gasteiger partial charge in [-0.05, 0) is 55.4 Å². The van der Waals surface area contributed by atoms with Gasteiger partial charge in [0.2, 0.25) is 0 Å². The van der Waals surface area contributed by atoms with E-state index in [1.807, 2.05) is 4.90 Å². The van der Waals surface area contributed by atoms with Gasteiger partial charge in [0.15, 0.2) is 5.82 Å². The number of halogens is 4. The molecule has 1 aliphatic carbocycles. The summed E-state index contributed by atoms with van der Waals surface area (Å²) < 4.78 is 38.4. The van der Waals surface area contributed by atoms with Crippen molar-refractivity contribution in [2.24, 2.45) is 5.41 Å². The maximum atomic E-state index is 13.7. The van der Waals surface area contributed by atoms with Crippen molar-refractivity contribution in [1.29, 1.82) is 0 Å². The second-order valence-electron chi connectivity index (χ2n) is 8.98. The molecule has 2 aromatic heterocycles. The second-order valence-corrected chi connectivity index (χ2v) is 9.41. The molecule has 3 aromatic rings. The smallest absolute Gasteiger partial charge is 0.335 e. The number of aromatic nitrogens is 4. The highest BCUT2D eigenvalue weighted by atomic mass is 35.5. The van der Waals surface area contributed by atoms with Gasteiger partial charge in [0.05, 0.1) is 11.1 Å². The average molecular weight is 488 g/mol. The summed E-state index contributed by atoms with van der Waals surface area (Å²) in [5, 5.41) is 0.443. The van der Waals surface area contributed by atoms with Gasteiger partial charge in [-0.25, -0.2) is 19.9 Å². The first-order chi connectivity index (χ1) is 16.2. The predicted molar refractivity (Wildman–Crippen MR) is 119 cm³/mol. The largest absolute Gasteiger partial charge is 0.419 e. The minimum absolute atomic E-state index is 0.0654. The van der Waals surface area contributed by atoms with Gasteiger partial charge in [-0.1, -0.05) is 11.6 Å². The fraction of sp³-hybridized carbons (Fsp3) is 0.375. The monoisotopic (exact) mass is 487 g/mol. The maximum absolute atomic E-state index is 13.7. The Bertz CT molecular complexity index is 1200. The van der Waals surface area contributed by atoms with Crippen molar-refractivity contribution in [3.63, 3.8) is 0 Å². The first-order valence-electron chi connectivity index (χ1n) is 11.0. The summed E-state index contributed by atoms with van der Waals surface area (Å²) in [5.74, 6) is 0.628. The number of alkyl halides is 3. The second kappa shape index (κ2) is 8.61. The van der Waals surface area contributed by atoms with Crippen molar-refractivity contribution >= 4 is 17.5 Å². The molecule has 1 aromatic carbocycles. The molecule has 1 saturated carbocycles. The van der Waals surface area contributed by atoms with E-state index in [1.54, 1.807) is 36.7 Å². The molecule has 34 heavy (non-hydrogen) atoms. The van der Waals surface area contributed by atoms with E-state index in [-0.39, 0.29) is 17.4 Å². The summed E-state index contributed by atoms with van der Waals surface area (Å²) in [6.45, 7) is 0.645. The van der Waals surface area contributed by atoms with Crippen LogP contribution in [0.5, 0.6) is 0 Å². The number of amides is 1. The SMILES string of the molecule is O=C(c1cc(Cl)ccc1-c1ncccn1)N1CC2(CC2)C[C@H]1CCc1ncc(C(F)(F)F)cn1. The number of rotatable bonds is 5. The van der Waals surface area contributed by atoms with Crippen LogP contribution in [-0.4, -0.2) is 43.3 Å². The zero-order valence-electron chi connectivity index (χ0n) is 18.1. The Morgan fingerprint density at radius 3 is 2.47 bits per heavy atom. The fourth-order valence-corrected chi connectivity index (χ4v) is 4.78. The Kier molecular flexibility index (Phi) is 5.75. The van der Waals surface area contributed by atoms with Crippen LogP contribution in [0, 0.1) is 5.41 Å². The molecule has 176 valence electrons. The average Bonchev–Trinajstić information content (AvgIpc) is 3.48. The van der Waals surface area contributed by atoms with Gasteiger partial charge < -0.3 is 4.90 Å². The van der Waals surface area contributed by atoms with Crippen LogP contribution in [0.3, 0.4) is 0 Å². The summed E-state index contributed by atoms with van der Waals surface area (Å²) in [4.78, 5) is 32.0. The number of carbonyl (C=O) groups excluding carboxylic acids is 1. The highest BCUT2D eigenvalue weighted by Gasteiger charge is 2.53. The predicted octanol–water partition coefficient (Wildman–Crippen LogP) is 5.23. The zero-order valence-corrected chi connectivity index (χ0v) is 18.9. The molecule has 1 aliphatic heterocycles. The number of carbonyl (C=O) groups is 1. The van der Waals surface area contributed by atoms with Crippen molar-refractivity contribution in [1.82, 2.24) is 24.8 Å². The lowest BCUT2D eigenvalue weighted by Crippen LogP contribution is -2.36. The van der Waals surface area contributed by atoms with Crippen LogP contribution in [0.2, 0.25) is 5.02 Å². The lowest BCUT2D eigenvalue weighted by molar-refractivity contribution is -0.138. The van der Waals surface area contributed by atoms with E-state index in [0.717, 1.165) is 31.7 Å². The normalized spacial score (nSPS) is 18.9. The van der Waals surface area contributed by atoms with Gasteiger partial charge in [-0.2, -0.15) is 13.2 Å². The molecule has 10 heteroatoms. The molecule has 3 heterocycles. The number of likely N-dealkylation sites (tertiary alicyclic amines) is 1. The Morgan fingerprint density at radius 1 is 1.12 bits per heavy atom. The lowest BCUT2D eigenvalue weighted by atomic mass is 10.00. The molecule has 6 nitrogen and oxygen atoms in total. The molecular formula is C24H21ClF3N5O. The van der Waals surface area contributed by atoms with Gasteiger partial charge >= 0.3 is 6.18 Å². The quantitative estimate of drug-likeness (QED) is 0.492. The van der Waals surface area contributed by atoms with E-state index in [0.29, 0.717) is 47.2 Å². The number of hydrogen-bond acceptors (Lipinski definition) is 5. The standard InChI is InChI=1S/C24H21ClF3N5O/c25-16-2-4-18(21-29-8-1-9-30-21)19(10-16)22(34)33-14-23(6-7-23)11-17(33)3-5-20-31-12-15(13-32-20)24(26,27)28/h1-2,4,8-10,12-13,17H,3,5-7,11,14H2/t17-/m1/s1. The van der Waals surface area contributed by atoms with Crippen LogP contribution in [0.4, 0.5) is 13.2 Å². The minimum atomic E-state index is -4.47. The zero-order chi connectivity index (χ0) is 23.9. The first kappa shape index (κ1) is 22.7. The van der Waals surface area contributed by atoms with Crippen LogP contribution in [0.1, 0.15) is 47.4 Å². The third-order valence-corrected chi connectivity index (χ3v) is 6.82. The van der Waals surface area contributed by atoms with E-state index in [1.165, 1.54) is 0 Å². The van der Waals surface area contributed by atoms with E-state index in [4.69, 9.17) is 11.6 Å². The molecule has 2 aliphatic rings. The Labute approximate surface area is 199 Å². The summed E-state index contributed by atoms with van der Waals surface area (Å²) in [6, 6.07) is 6.74. The molecule has 1 atom stereocenters. The van der Waals surface area contributed by atoms with Crippen LogP contribution in [0.15, 0.2) is 49.1 Å². The van der Waals surface area contributed by atoms with Gasteiger partial charge in [0, 0.05) is 54.4 Å². The van der Waals surface area contributed by atoms with Crippen LogP contribution in [0.25, 0.3) is 11.4 Å². The summed E-state index contributed by atoms with van der Waals surface area (Å²) >= 11 is 6.24. The van der Waals surface area contributed by atoms with Gasteiger partial charge in [-0.15, -0.1) is 0 Å². The molecule has 2 fully saturated rings. The van der Waals surface area contributed by atoms with E-state index >= 15 is 0 Å². The molecular weight excluding hydrogens is 467 g/mol. The maximum Gasteiger partial charge on any atom is 0.419 e. The van der Waals surface area contributed by atoms with Gasteiger partial charge in [0.25, 0.3) is 5.91 Å². The van der Waals surface area contributed by atoms with E-state index < -0.39 is 11.7 Å². The topological polar surface area (TPSA) is 71.9 Å². The molecule has 0 bridgehead atoms.